The van der Waals surface area contributed by atoms with Gasteiger partial charge in [-0.2, -0.15) is 0 Å². The normalized spacial score (nSPS) is 10.6. The zero-order valence-electron chi connectivity index (χ0n) is 10.7. The third-order valence-electron chi connectivity index (χ3n) is 2.93. The van der Waals surface area contributed by atoms with E-state index in [9.17, 15) is 4.39 Å². The fraction of sp³-hybridized carbons (Fsp3) is 0.267. The maximum absolute atomic E-state index is 13.1. The van der Waals surface area contributed by atoms with Crippen molar-refractivity contribution in [2.75, 3.05) is 0 Å². The summed E-state index contributed by atoms with van der Waals surface area (Å²) in [6.07, 6.45) is 1.86. The highest BCUT2D eigenvalue weighted by molar-refractivity contribution is 5.26. The Labute approximate surface area is 107 Å². The van der Waals surface area contributed by atoms with Crippen molar-refractivity contribution in [2.24, 2.45) is 0 Å². The van der Waals surface area contributed by atoms with Gasteiger partial charge in [0.15, 0.2) is 0 Å². The first-order valence-corrected chi connectivity index (χ1v) is 6.02. The molecule has 2 nitrogen and oxygen atoms in total. The Hall–Kier alpha value is -1.74. The summed E-state index contributed by atoms with van der Waals surface area (Å²) in [5.41, 5.74) is 4.25. The number of aromatic nitrogens is 1. The standard InChI is InChI=1S/C15H17FN2/c1-11-3-6-15(16)7-14(11)10-17-8-13-5-4-12(2)18-9-13/h3-7,9,17H,8,10H2,1-2H3. The Kier molecular flexibility index (Phi) is 4.05. The second kappa shape index (κ2) is 5.74. The molecule has 1 aromatic heterocycles. The van der Waals surface area contributed by atoms with Crippen molar-refractivity contribution < 1.29 is 4.39 Å². The minimum Gasteiger partial charge on any atom is -0.309 e. The van der Waals surface area contributed by atoms with E-state index in [0.29, 0.717) is 6.54 Å². The molecule has 18 heavy (non-hydrogen) atoms. The number of aryl methyl sites for hydroxylation is 2. The zero-order chi connectivity index (χ0) is 13.0. The van der Waals surface area contributed by atoms with Crippen LogP contribution in [0.2, 0.25) is 0 Å². The van der Waals surface area contributed by atoms with E-state index in [2.05, 4.69) is 10.3 Å². The summed E-state index contributed by atoms with van der Waals surface area (Å²) in [5.74, 6) is -0.186. The van der Waals surface area contributed by atoms with E-state index in [1.54, 1.807) is 12.1 Å². The van der Waals surface area contributed by atoms with Gasteiger partial charge in [0.25, 0.3) is 0 Å². The van der Waals surface area contributed by atoms with Gasteiger partial charge in [-0.05, 0) is 48.7 Å². The lowest BCUT2D eigenvalue weighted by Crippen LogP contribution is -2.13. The fourth-order valence-electron chi connectivity index (χ4n) is 1.78. The number of halogens is 1. The third-order valence-corrected chi connectivity index (χ3v) is 2.93. The largest absolute Gasteiger partial charge is 0.309 e. The molecule has 94 valence electrons. The summed E-state index contributed by atoms with van der Waals surface area (Å²) in [7, 11) is 0. The van der Waals surface area contributed by atoms with Crippen LogP contribution in [0.5, 0.6) is 0 Å². The molecule has 0 bridgehead atoms. The SMILES string of the molecule is Cc1ccc(CNCc2cc(F)ccc2C)cn1. The molecule has 1 N–H and O–H groups in total. The van der Waals surface area contributed by atoms with Crippen LogP contribution in [0, 0.1) is 19.7 Å². The summed E-state index contributed by atoms with van der Waals surface area (Å²) in [4.78, 5) is 4.24. The van der Waals surface area contributed by atoms with E-state index in [0.717, 1.165) is 28.9 Å². The molecular weight excluding hydrogens is 227 g/mol. The quantitative estimate of drug-likeness (QED) is 0.893. The van der Waals surface area contributed by atoms with Crippen molar-refractivity contribution in [1.82, 2.24) is 10.3 Å². The summed E-state index contributed by atoms with van der Waals surface area (Å²) in [6.45, 7) is 5.36. The number of pyridine rings is 1. The predicted molar refractivity (Wildman–Crippen MR) is 70.7 cm³/mol. The minimum absolute atomic E-state index is 0.186. The van der Waals surface area contributed by atoms with Gasteiger partial charge in [0.05, 0.1) is 0 Å². The van der Waals surface area contributed by atoms with Crippen LogP contribution in [-0.4, -0.2) is 4.98 Å². The van der Waals surface area contributed by atoms with Crippen molar-refractivity contribution >= 4 is 0 Å². The number of rotatable bonds is 4. The van der Waals surface area contributed by atoms with Gasteiger partial charge in [-0.3, -0.25) is 4.98 Å². The van der Waals surface area contributed by atoms with Gasteiger partial charge in [0, 0.05) is 25.0 Å². The van der Waals surface area contributed by atoms with Crippen LogP contribution >= 0.6 is 0 Å². The lowest BCUT2D eigenvalue weighted by Gasteiger charge is -2.08. The number of nitrogens with zero attached hydrogens (tertiary/aromatic N) is 1. The molecule has 1 heterocycles. The molecule has 0 fully saturated rings. The Morgan fingerprint density at radius 1 is 1.11 bits per heavy atom. The van der Waals surface area contributed by atoms with E-state index in [4.69, 9.17) is 0 Å². The van der Waals surface area contributed by atoms with Crippen LogP contribution in [0.1, 0.15) is 22.4 Å². The van der Waals surface area contributed by atoms with Crippen molar-refractivity contribution in [3.05, 3.63) is 64.7 Å². The van der Waals surface area contributed by atoms with Crippen LogP contribution in [0.4, 0.5) is 4.39 Å². The van der Waals surface area contributed by atoms with Crippen LogP contribution in [0.3, 0.4) is 0 Å². The molecule has 3 heteroatoms. The van der Waals surface area contributed by atoms with E-state index >= 15 is 0 Å². The number of benzene rings is 1. The van der Waals surface area contributed by atoms with Crippen LogP contribution in [0.25, 0.3) is 0 Å². The first-order valence-electron chi connectivity index (χ1n) is 6.02. The fourth-order valence-corrected chi connectivity index (χ4v) is 1.78. The summed E-state index contributed by atoms with van der Waals surface area (Å²) in [6, 6.07) is 8.91. The first kappa shape index (κ1) is 12.7. The zero-order valence-corrected chi connectivity index (χ0v) is 10.7. The second-order valence-electron chi connectivity index (χ2n) is 4.48. The van der Waals surface area contributed by atoms with Gasteiger partial charge in [-0.25, -0.2) is 4.39 Å². The molecule has 1 aromatic carbocycles. The molecule has 0 aliphatic rings. The monoisotopic (exact) mass is 244 g/mol. The van der Waals surface area contributed by atoms with Crippen LogP contribution in [-0.2, 0) is 13.1 Å². The van der Waals surface area contributed by atoms with Gasteiger partial charge in [0.1, 0.15) is 5.82 Å². The smallest absolute Gasteiger partial charge is 0.123 e. The lowest BCUT2D eigenvalue weighted by molar-refractivity contribution is 0.619. The Morgan fingerprint density at radius 3 is 2.67 bits per heavy atom. The molecule has 0 radical (unpaired) electrons. The summed E-state index contributed by atoms with van der Waals surface area (Å²) >= 11 is 0. The average Bonchev–Trinajstić information content (AvgIpc) is 2.36. The molecule has 0 unspecified atom stereocenters. The molecule has 0 amide bonds. The van der Waals surface area contributed by atoms with Gasteiger partial charge in [-0.1, -0.05) is 12.1 Å². The summed E-state index contributed by atoms with van der Waals surface area (Å²) < 4.78 is 13.1. The number of hydrogen-bond donors (Lipinski definition) is 1. The van der Waals surface area contributed by atoms with Gasteiger partial charge >= 0.3 is 0 Å². The highest BCUT2D eigenvalue weighted by Gasteiger charge is 2.00. The van der Waals surface area contributed by atoms with Crippen molar-refractivity contribution in [3.63, 3.8) is 0 Å². The molecular formula is C15H17FN2. The summed E-state index contributed by atoms with van der Waals surface area (Å²) in [5, 5.41) is 3.30. The highest BCUT2D eigenvalue weighted by Crippen LogP contribution is 2.10. The lowest BCUT2D eigenvalue weighted by atomic mass is 10.1. The minimum atomic E-state index is -0.186. The molecule has 0 saturated heterocycles. The molecule has 0 spiro atoms. The van der Waals surface area contributed by atoms with Gasteiger partial charge < -0.3 is 5.32 Å². The topological polar surface area (TPSA) is 24.9 Å². The Morgan fingerprint density at radius 2 is 1.94 bits per heavy atom. The number of hydrogen-bond acceptors (Lipinski definition) is 2. The van der Waals surface area contributed by atoms with Crippen LogP contribution < -0.4 is 5.32 Å². The molecule has 2 aromatic rings. The van der Waals surface area contributed by atoms with Crippen molar-refractivity contribution in [1.29, 1.82) is 0 Å². The maximum Gasteiger partial charge on any atom is 0.123 e. The predicted octanol–water partition coefficient (Wildman–Crippen LogP) is 3.13. The highest BCUT2D eigenvalue weighted by atomic mass is 19.1. The van der Waals surface area contributed by atoms with E-state index in [-0.39, 0.29) is 5.82 Å². The first-order chi connectivity index (χ1) is 8.65. The molecule has 2 rings (SSSR count). The van der Waals surface area contributed by atoms with E-state index in [1.807, 2.05) is 32.2 Å². The van der Waals surface area contributed by atoms with E-state index in [1.165, 1.54) is 6.07 Å². The maximum atomic E-state index is 13.1. The van der Waals surface area contributed by atoms with Crippen LogP contribution in [0.15, 0.2) is 36.5 Å². The third kappa shape index (κ3) is 3.37. The molecule has 0 aliphatic carbocycles. The van der Waals surface area contributed by atoms with Crippen molar-refractivity contribution in [3.8, 4) is 0 Å². The van der Waals surface area contributed by atoms with Gasteiger partial charge in [0.2, 0.25) is 0 Å². The Bertz CT molecular complexity index is 521. The second-order valence-corrected chi connectivity index (χ2v) is 4.48. The number of nitrogens with one attached hydrogen (secondary N) is 1. The molecule has 0 saturated carbocycles. The van der Waals surface area contributed by atoms with Gasteiger partial charge in [-0.15, -0.1) is 0 Å². The van der Waals surface area contributed by atoms with Crippen molar-refractivity contribution in [2.45, 2.75) is 26.9 Å². The molecule has 0 atom stereocenters. The Balaban J connectivity index is 1.92. The average molecular weight is 244 g/mol. The van der Waals surface area contributed by atoms with E-state index < -0.39 is 0 Å². The molecule has 0 aliphatic heterocycles.